The molecule has 0 fully saturated rings. The molecule has 2 rings (SSSR count). The Morgan fingerprint density at radius 3 is 2.94 bits per heavy atom. The van der Waals surface area contributed by atoms with Crippen LogP contribution in [0.1, 0.15) is 26.3 Å². The molecule has 3 nitrogen and oxygen atoms in total. The van der Waals surface area contributed by atoms with Gasteiger partial charge in [-0.3, -0.25) is 0 Å². The Kier molecular flexibility index (Phi) is 2.51. The van der Waals surface area contributed by atoms with Crippen LogP contribution in [0.4, 0.5) is 0 Å². The molecule has 0 aromatic heterocycles. The normalized spacial score (nSPS) is 18.1. The van der Waals surface area contributed by atoms with Crippen LogP contribution >= 0.6 is 0 Å². The second-order valence-electron chi connectivity index (χ2n) is 4.67. The minimum absolute atomic E-state index is 0.183. The highest BCUT2D eigenvalue weighted by Crippen LogP contribution is 2.41. The predicted molar refractivity (Wildman–Crippen MR) is 60.6 cm³/mol. The predicted octanol–water partition coefficient (Wildman–Crippen LogP) is 2.69. The quantitative estimate of drug-likeness (QED) is 0.764. The van der Waals surface area contributed by atoms with Crippen molar-refractivity contribution < 1.29 is 9.47 Å². The molecule has 1 aliphatic heterocycles. The number of ether oxygens (including phenoxy) is 2. The molecule has 3 heteroatoms. The van der Waals surface area contributed by atoms with Crippen molar-refractivity contribution in [1.82, 2.24) is 0 Å². The van der Waals surface area contributed by atoms with Crippen molar-refractivity contribution >= 4 is 0 Å². The van der Waals surface area contributed by atoms with Gasteiger partial charge in [-0.15, -0.1) is 0 Å². The fourth-order valence-electron chi connectivity index (χ4n) is 1.90. The van der Waals surface area contributed by atoms with E-state index in [0.717, 1.165) is 17.7 Å². The highest BCUT2D eigenvalue weighted by molar-refractivity contribution is 5.50. The van der Waals surface area contributed by atoms with E-state index < -0.39 is 6.10 Å². The summed E-state index contributed by atoms with van der Waals surface area (Å²) >= 11 is 0. The van der Waals surface area contributed by atoms with Crippen LogP contribution in [0.2, 0.25) is 0 Å². The Balaban J connectivity index is 2.31. The topological polar surface area (TPSA) is 42.2 Å². The summed E-state index contributed by atoms with van der Waals surface area (Å²) in [4.78, 5) is 0. The monoisotopic (exact) mass is 217 g/mol. The van der Waals surface area contributed by atoms with Crippen molar-refractivity contribution in [2.24, 2.45) is 0 Å². The van der Waals surface area contributed by atoms with E-state index in [0.29, 0.717) is 5.75 Å². The summed E-state index contributed by atoms with van der Waals surface area (Å²) in [7, 11) is 0. The number of fused-ring (bicyclic) bond motifs is 1. The van der Waals surface area contributed by atoms with Crippen LogP contribution in [0, 0.1) is 11.3 Å². The summed E-state index contributed by atoms with van der Waals surface area (Å²) in [5.41, 5.74) is 0.963. The van der Waals surface area contributed by atoms with Crippen LogP contribution in [-0.4, -0.2) is 11.7 Å². The maximum atomic E-state index is 8.73. The molecule has 0 spiro atoms. The van der Waals surface area contributed by atoms with E-state index in [1.165, 1.54) is 0 Å². The molecule has 1 aliphatic rings. The number of hydrogen-bond donors (Lipinski definition) is 0. The largest absolute Gasteiger partial charge is 0.483 e. The van der Waals surface area contributed by atoms with Crippen molar-refractivity contribution in [2.75, 3.05) is 0 Å². The van der Waals surface area contributed by atoms with E-state index in [9.17, 15) is 0 Å². The Morgan fingerprint density at radius 1 is 1.50 bits per heavy atom. The smallest absolute Gasteiger partial charge is 0.181 e. The van der Waals surface area contributed by atoms with Gasteiger partial charge in [-0.05, 0) is 26.8 Å². The summed E-state index contributed by atoms with van der Waals surface area (Å²) in [6.07, 6.45) is 0.416. The fourth-order valence-corrected chi connectivity index (χ4v) is 1.90. The number of benzene rings is 1. The minimum Gasteiger partial charge on any atom is -0.483 e. The third-order valence-corrected chi connectivity index (χ3v) is 2.54. The lowest BCUT2D eigenvalue weighted by atomic mass is 10.0. The lowest BCUT2D eigenvalue weighted by molar-refractivity contribution is 0.130. The molecular formula is C13H15NO2. The summed E-state index contributed by atoms with van der Waals surface area (Å²) in [6.45, 7) is 5.81. The molecule has 0 aliphatic carbocycles. The molecule has 1 aromatic carbocycles. The van der Waals surface area contributed by atoms with Crippen LogP contribution in [-0.2, 0) is 6.42 Å². The third-order valence-electron chi connectivity index (χ3n) is 2.54. The highest BCUT2D eigenvalue weighted by Gasteiger charge is 2.32. The molecule has 0 bridgehead atoms. The highest BCUT2D eigenvalue weighted by atomic mass is 16.5. The van der Waals surface area contributed by atoms with E-state index in [1.54, 1.807) is 6.92 Å². The molecule has 1 atom stereocenters. The van der Waals surface area contributed by atoms with E-state index >= 15 is 0 Å². The summed E-state index contributed by atoms with van der Waals surface area (Å²) in [6, 6.07) is 7.86. The first kappa shape index (κ1) is 10.8. The first-order chi connectivity index (χ1) is 7.52. The fraction of sp³-hybridized carbons (Fsp3) is 0.462. The molecule has 1 aromatic rings. The van der Waals surface area contributed by atoms with Crippen LogP contribution < -0.4 is 9.47 Å². The molecule has 84 valence electrons. The molecule has 1 heterocycles. The van der Waals surface area contributed by atoms with E-state index in [2.05, 4.69) is 0 Å². The summed E-state index contributed by atoms with van der Waals surface area (Å²) < 4.78 is 11.3. The van der Waals surface area contributed by atoms with Gasteiger partial charge in [-0.1, -0.05) is 12.1 Å². The van der Waals surface area contributed by atoms with Crippen LogP contribution in [0.25, 0.3) is 0 Å². The van der Waals surface area contributed by atoms with Crippen molar-refractivity contribution in [2.45, 2.75) is 38.9 Å². The van der Waals surface area contributed by atoms with Gasteiger partial charge in [0.1, 0.15) is 11.7 Å². The van der Waals surface area contributed by atoms with Gasteiger partial charge < -0.3 is 9.47 Å². The summed E-state index contributed by atoms with van der Waals surface area (Å²) in [5, 5.41) is 8.73. The molecule has 0 amide bonds. The van der Waals surface area contributed by atoms with E-state index in [-0.39, 0.29) is 5.60 Å². The van der Waals surface area contributed by atoms with Crippen LogP contribution in [0.3, 0.4) is 0 Å². The van der Waals surface area contributed by atoms with Crippen LogP contribution in [0.15, 0.2) is 18.2 Å². The van der Waals surface area contributed by atoms with E-state index in [1.807, 2.05) is 38.1 Å². The molecule has 1 unspecified atom stereocenters. The molecular weight excluding hydrogens is 202 g/mol. The lowest BCUT2D eigenvalue weighted by Crippen LogP contribution is -2.24. The van der Waals surface area contributed by atoms with Gasteiger partial charge in [0.25, 0.3) is 0 Å². The van der Waals surface area contributed by atoms with Crippen LogP contribution in [0.5, 0.6) is 11.5 Å². The number of para-hydroxylation sites is 1. The van der Waals surface area contributed by atoms with Gasteiger partial charge in [-0.2, -0.15) is 5.26 Å². The minimum atomic E-state index is -0.459. The Morgan fingerprint density at radius 2 is 2.25 bits per heavy atom. The zero-order valence-corrected chi connectivity index (χ0v) is 9.78. The molecule has 0 saturated heterocycles. The average molecular weight is 217 g/mol. The van der Waals surface area contributed by atoms with Gasteiger partial charge in [0, 0.05) is 12.0 Å². The lowest BCUT2D eigenvalue weighted by Gasteiger charge is -2.18. The maximum Gasteiger partial charge on any atom is 0.181 e. The van der Waals surface area contributed by atoms with Gasteiger partial charge in [0.15, 0.2) is 17.6 Å². The first-order valence-corrected chi connectivity index (χ1v) is 5.39. The van der Waals surface area contributed by atoms with E-state index in [4.69, 9.17) is 14.7 Å². The zero-order chi connectivity index (χ0) is 11.8. The maximum absolute atomic E-state index is 8.73. The number of nitrogens with zero attached hydrogens (tertiary/aromatic N) is 1. The van der Waals surface area contributed by atoms with Gasteiger partial charge in [-0.25, -0.2) is 0 Å². The van der Waals surface area contributed by atoms with Gasteiger partial charge in [0.05, 0.1) is 0 Å². The summed E-state index contributed by atoms with van der Waals surface area (Å²) in [5.74, 6) is 1.45. The Labute approximate surface area is 95.6 Å². The van der Waals surface area contributed by atoms with Crippen molar-refractivity contribution in [3.8, 4) is 17.6 Å². The third kappa shape index (κ3) is 1.96. The first-order valence-electron chi connectivity index (χ1n) is 5.39. The van der Waals surface area contributed by atoms with Crippen molar-refractivity contribution in [3.05, 3.63) is 23.8 Å². The number of hydrogen-bond acceptors (Lipinski definition) is 3. The molecule has 0 saturated carbocycles. The number of rotatable bonds is 2. The van der Waals surface area contributed by atoms with Crippen molar-refractivity contribution in [3.63, 3.8) is 0 Å². The SMILES string of the molecule is CC(C#N)Oc1cccc2c1OC(C)(C)C2. The van der Waals surface area contributed by atoms with Crippen molar-refractivity contribution in [1.29, 1.82) is 5.26 Å². The van der Waals surface area contributed by atoms with Gasteiger partial charge >= 0.3 is 0 Å². The molecule has 0 N–H and O–H groups in total. The number of nitriles is 1. The molecule has 16 heavy (non-hydrogen) atoms. The second kappa shape index (κ2) is 3.71. The van der Waals surface area contributed by atoms with Gasteiger partial charge in [0.2, 0.25) is 0 Å². The Bertz CT molecular complexity index is 446. The Hall–Kier alpha value is -1.69. The standard InChI is InChI=1S/C13H15NO2/c1-9(8-14)15-11-6-4-5-10-7-13(2,3)16-12(10)11/h4-6,9H,7H2,1-3H3. The second-order valence-corrected chi connectivity index (χ2v) is 4.67. The average Bonchev–Trinajstić information content (AvgIpc) is 2.53. The molecule has 0 radical (unpaired) electrons. The zero-order valence-electron chi connectivity index (χ0n) is 9.78.